The molecule has 0 spiro atoms. The predicted octanol–water partition coefficient (Wildman–Crippen LogP) is 3.77. The minimum Gasteiger partial charge on any atom is -0.492 e. The van der Waals surface area contributed by atoms with E-state index in [1.54, 1.807) is 32.9 Å². The van der Waals surface area contributed by atoms with Crippen LogP contribution in [0, 0.1) is 5.82 Å². The Morgan fingerprint density at radius 2 is 1.86 bits per heavy atom. The summed E-state index contributed by atoms with van der Waals surface area (Å²) in [5.41, 5.74) is 0.712. The number of carbonyl (C=O) groups is 1. The highest BCUT2D eigenvalue weighted by atomic mass is 35.5. The average molecular weight is 443 g/mol. The number of benzene rings is 2. The van der Waals surface area contributed by atoms with Crippen LogP contribution in [0.25, 0.3) is 0 Å². The Morgan fingerprint density at radius 1 is 1.21 bits per heavy atom. The molecule has 0 bridgehead atoms. The van der Waals surface area contributed by atoms with Crippen molar-refractivity contribution in [2.24, 2.45) is 0 Å². The van der Waals surface area contributed by atoms with Gasteiger partial charge in [0.05, 0.1) is 29.1 Å². The zero-order chi connectivity index (χ0) is 21.6. The molecule has 29 heavy (non-hydrogen) atoms. The lowest BCUT2D eigenvalue weighted by atomic mass is 10.1. The number of nitrogens with one attached hydrogen (secondary N) is 1. The van der Waals surface area contributed by atoms with E-state index in [1.165, 1.54) is 30.3 Å². The van der Waals surface area contributed by atoms with Crippen LogP contribution in [0.5, 0.6) is 5.75 Å². The van der Waals surface area contributed by atoms with E-state index in [1.807, 2.05) is 0 Å². The van der Waals surface area contributed by atoms with Gasteiger partial charge in [-0.3, -0.25) is 4.79 Å². The minimum absolute atomic E-state index is 0.0211. The second-order valence-corrected chi connectivity index (χ2v) is 8.64. The fourth-order valence-corrected chi connectivity index (χ4v) is 4.44. The van der Waals surface area contributed by atoms with Gasteiger partial charge in [-0.05, 0) is 49.7 Å². The Bertz CT molecular complexity index is 951. The SMILES string of the molecule is CCOc1ccc(S(=O)(=O)N(CC)CC(=O)N[C@@H](C)c2ccc(F)cc2)cc1Cl. The molecular formula is C20H24ClFN2O4S. The van der Waals surface area contributed by atoms with Crippen LogP contribution < -0.4 is 10.1 Å². The van der Waals surface area contributed by atoms with Gasteiger partial charge in [-0.15, -0.1) is 0 Å². The molecule has 0 unspecified atom stereocenters. The van der Waals surface area contributed by atoms with Gasteiger partial charge in [-0.25, -0.2) is 12.8 Å². The number of nitrogens with zero attached hydrogens (tertiary/aromatic N) is 1. The van der Waals surface area contributed by atoms with Crippen molar-refractivity contribution in [3.8, 4) is 5.75 Å². The first-order valence-corrected chi connectivity index (χ1v) is 11.0. The third-order valence-corrected chi connectivity index (χ3v) is 6.47. The zero-order valence-electron chi connectivity index (χ0n) is 16.5. The molecule has 1 atom stereocenters. The number of likely N-dealkylation sites (N-methyl/N-ethyl adjacent to an activating group) is 1. The number of hydrogen-bond acceptors (Lipinski definition) is 4. The molecule has 0 fully saturated rings. The fraction of sp³-hybridized carbons (Fsp3) is 0.350. The highest BCUT2D eigenvalue weighted by Crippen LogP contribution is 2.28. The number of rotatable bonds is 9. The molecule has 9 heteroatoms. The maximum Gasteiger partial charge on any atom is 0.243 e. The van der Waals surface area contributed by atoms with Crippen molar-refractivity contribution in [3.05, 3.63) is 58.9 Å². The molecule has 0 saturated carbocycles. The van der Waals surface area contributed by atoms with Crippen molar-refractivity contribution in [1.29, 1.82) is 0 Å². The van der Waals surface area contributed by atoms with Crippen molar-refractivity contribution in [1.82, 2.24) is 9.62 Å². The number of ether oxygens (including phenoxy) is 1. The molecule has 2 rings (SSSR count). The highest BCUT2D eigenvalue weighted by molar-refractivity contribution is 7.89. The fourth-order valence-electron chi connectivity index (χ4n) is 2.71. The van der Waals surface area contributed by atoms with E-state index < -0.39 is 22.0 Å². The van der Waals surface area contributed by atoms with E-state index in [0.717, 1.165) is 4.31 Å². The van der Waals surface area contributed by atoms with Crippen molar-refractivity contribution in [2.75, 3.05) is 19.7 Å². The van der Waals surface area contributed by atoms with Crippen LogP contribution in [-0.4, -0.2) is 38.3 Å². The molecule has 1 amide bonds. The third kappa shape index (κ3) is 5.91. The summed E-state index contributed by atoms with van der Waals surface area (Å²) in [6.07, 6.45) is 0. The third-order valence-electron chi connectivity index (χ3n) is 4.26. The van der Waals surface area contributed by atoms with Crippen molar-refractivity contribution < 1.29 is 22.3 Å². The number of halogens is 2. The summed E-state index contributed by atoms with van der Waals surface area (Å²) in [5, 5.41) is 2.91. The van der Waals surface area contributed by atoms with Crippen LogP contribution >= 0.6 is 11.6 Å². The molecule has 1 N–H and O–H groups in total. The first-order valence-electron chi connectivity index (χ1n) is 9.16. The Hall–Kier alpha value is -2.16. The van der Waals surface area contributed by atoms with Gasteiger partial charge in [0.2, 0.25) is 15.9 Å². The van der Waals surface area contributed by atoms with Crippen LogP contribution in [0.15, 0.2) is 47.4 Å². The van der Waals surface area contributed by atoms with E-state index >= 15 is 0 Å². The lowest BCUT2D eigenvalue weighted by Crippen LogP contribution is -2.41. The summed E-state index contributed by atoms with van der Waals surface area (Å²) < 4.78 is 45.3. The molecule has 0 aliphatic carbocycles. The Balaban J connectivity index is 2.12. The van der Waals surface area contributed by atoms with Gasteiger partial charge in [0.25, 0.3) is 0 Å². The van der Waals surface area contributed by atoms with E-state index in [-0.39, 0.29) is 28.8 Å². The number of sulfonamides is 1. The summed E-state index contributed by atoms with van der Waals surface area (Å²) in [5.74, 6) is -0.448. The normalized spacial score (nSPS) is 12.6. The molecule has 158 valence electrons. The van der Waals surface area contributed by atoms with Gasteiger partial charge in [-0.2, -0.15) is 4.31 Å². The van der Waals surface area contributed by atoms with Gasteiger partial charge in [0, 0.05) is 6.54 Å². The number of hydrogen-bond donors (Lipinski definition) is 1. The molecule has 0 radical (unpaired) electrons. The molecule has 0 aliphatic rings. The molecule has 2 aromatic rings. The van der Waals surface area contributed by atoms with Crippen LogP contribution in [0.1, 0.15) is 32.4 Å². The first-order chi connectivity index (χ1) is 13.7. The van der Waals surface area contributed by atoms with Gasteiger partial charge in [0.1, 0.15) is 11.6 Å². The van der Waals surface area contributed by atoms with Gasteiger partial charge < -0.3 is 10.1 Å². The van der Waals surface area contributed by atoms with Crippen LogP contribution in [0.2, 0.25) is 5.02 Å². The van der Waals surface area contributed by atoms with Crippen LogP contribution in [-0.2, 0) is 14.8 Å². The molecule has 0 heterocycles. The summed E-state index contributed by atoms with van der Waals surface area (Å²) >= 11 is 6.10. The van der Waals surface area contributed by atoms with Crippen molar-refractivity contribution in [2.45, 2.75) is 31.7 Å². The summed E-state index contributed by atoms with van der Waals surface area (Å²) in [7, 11) is -3.92. The van der Waals surface area contributed by atoms with Gasteiger partial charge >= 0.3 is 0 Å². The van der Waals surface area contributed by atoms with E-state index in [0.29, 0.717) is 17.9 Å². The quantitative estimate of drug-likeness (QED) is 0.641. The van der Waals surface area contributed by atoms with Gasteiger partial charge in [0.15, 0.2) is 0 Å². The van der Waals surface area contributed by atoms with Crippen LogP contribution in [0.3, 0.4) is 0 Å². The van der Waals surface area contributed by atoms with E-state index in [9.17, 15) is 17.6 Å². The predicted molar refractivity (Wildman–Crippen MR) is 110 cm³/mol. The smallest absolute Gasteiger partial charge is 0.243 e. The Labute approximate surface area is 175 Å². The topological polar surface area (TPSA) is 75.7 Å². The Morgan fingerprint density at radius 3 is 2.41 bits per heavy atom. The molecule has 0 aliphatic heterocycles. The largest absolute Gasteiger partial charge is 0.492 e. The summed E-state index contributed by atoms with van der Waals surface area (Å²) in [6.45, 7) is 5.33. The second-order valence-electron chi connectivity index (χ2n) is 6.30. The maximum absolute atomic E-state index is 13.0. The summed E-state index contributed by atoms with van der Waals surface area (Å²) in [6, 6.07) is 9.53. The lowest BCUT2D eigenvalue weighted by molar-refractivity contribution is -0.121. The molecular weight excluding hydrogens is 419 g/mol. The van der Waals surface area contributed by atoms with Crippen molar-refractivity contribution in [3.63, 3.8) is 0 Å². The molecule has 6 nitrogen and oxygen atoms in total. The highest BCUT2D eigenvalue weighted by Gasteiger charge is 2.26. The van der Waals surface area contributed by atoms with E-state index in [4.69, 9.17) is 16.3 Å². The monoisotopic (exact) mass is 442 g/mol. The maximum atomic E-state index is 13.0. The minimum atomic E-state index is -3.92. The standard InChI is InChI=1S/C20H24ClFN2O4S/c1-4-24(13-20(25)23-14(3)15-6-8-16(22)9-7-15)29(26,27)17-10-11-19(28-5-2)18(21)12-17/h6-12,14H,4-5,13H2,1-3H3,(H,23,25)/t14-/m0/s1. The van der Waals surface area contributed by atoms with E-state index in [2.05, 4.69) is 5.32 Å². The molecule has 0 aromatic heterocycles. The lowest BCUT2D eigenvalue weighted by Gasteiger charge is -2.22. The Kier molecular flexibility index (Phi) is 8.01. The van der Waals surface area contributed by atoms with Crippen LogP contribution in [0.4, 0.5) is 4.39 Å². The number of carbonyl (C=O) groups excluding carboxylic acids is 1. The van der Waals surface area contributed by atoms with Crippen molar-refractivity contribution >= 4 is 27.5 Å². The number of amides is 1. The molecule has 2 aromatic carbocycles. The summed E-state index contributed by atoms with van der Waals surface area (Å²) in [4.78, 5) is 12.4. The van der Waals surface area contributed by atoms with Gasteiger partial charge in [-0.1, -0.05) is 30.7 Å². The zero-order valence-corrected chi connectivity index (χ0v) is 18.1. The average Bonchev–Trinajstić information content (AvgIpc) is 2.68. The second kappa shape index (κ2) is 10.0. The first kappa shape index (κ1) is 23.1. The molecule has 0 saturated heterocycles.